The highest BCUT2D eigenvalue weighted by Crippen LogP contribution is 2.55. The highest BCUT2D eigenvalue weighted by molar-refractivity contribution is 7.79. The molecule has 0 saturated carbocycles. The van der Waals surface area contributed by atoms with E-state index in [1.54, 1.807) is 24.3 Å². The van der Waals surface area contributed by atoms with Crippen molar-refractivity contribution in [2.75, 3.05) is 14.1 Å². The minimum Gasteiger partial charge on any atom is -0.507 e. The SMILES string of the molecule is CN(C)P(=Nc1ccccc1)(c1ccccc1O)c1ccccc1O. The summed E-state index contributed by atoms with van der Waals surface area (Å²) in [5.41, 5.74) is 0.802. The van der Waals surface area contributed by atoms with Crippen molar-refractivity contribution in [3.63, 3.8) is 0 Å². The Balaban J connectivity index is 2.45. The summed E-state index contributed by atoms with van der Waals surface area (Å²) in [6.07, 6.45) is 0. The van der Waals surface area contributed by atoms with Gasteiger partial charge in [0.05, 0.1) is 16.3 Å². The van der Waals surface area contributed by atoms with Crippen molar-refractivity contribution in [2.24, 2.45) is 4.74 Å². The molecule has 5 heteroatoms. The second-order valence-electron chi connectivity index (χ2n) is 5.86. The molecule has 0 atom stereocenters. The van der Waals surface area contributed by atoms with Crippen molar-refractivity contribution in [1.29, 1.82) is 0 Å². The molecule has 128 valence electrons. The highest BCUT2D eigenvalue weighted by atomic mass is 31.2. The lowest BCUT2D eigenvalue weighted by Gasteiger charge is -2.33. The van der Waals surface area contributed by atoms with Crippen molar-refractivity contribution in [3.8, 4) is 11.5 Å². The number of phenolic OH excluding ortho intramolecular Hbond substituents is 2. The average Bonchev–Trinajstić information content (AvgIpc) is 2.62. The van der Waals surface area contributed by atoms with E-state index in [2.05, 4.69) is 0 Å². The molecule has 0 aliphatic rings. The Labute approximate surface area is 148 Å². The number of para-hydroxylation sites is 2. The third-order valence-electron chi connectivity index (χ3n) is 4.03. The Morgan fingerprint density at radius 2 is 1.12 bits per heavy atom. The van der Waals surface area contributed by atoms with E-state index in [4.69, 9.17) is 4.74 Å². The number of hydrogen-bond donors (Lipinski definition) is 2. The van der Waals surface area contributed by atoms with Crippen molar-refractivity contribution in [1.82, 2.24) is 4.67 Å². The van der Waals surface area contributed by atoms with Crippen molar-refractivity contribution in [3.05, 3.63) is 78.9 Å². The smallest absolute Gasteiger partial charge is 0.126 e. The second kappa shape index (κ2) is 7.14. The maximum Gasteiger partial charge on any atom is 0.126 e. The number of rotatable bonds is 4. The second-order valence-corrected chi connectivity index (χ2v) is 9.03. The van der Waals surface area contributed by atoms with Crippen LogP contribution in [0.5, 0.6) is 11.5 Å². The van der Waals surface area contributed by atoms with Crippen LogP contribution in [0.1, 0.15) is 0 Å². The van der Waals surface area contributed by atoms with Gasteiger partial charge in [0.1, 0.15) is 18.7 Å². The molecule has 0 unspecified atom stereocenters. The number of aromatic hydroxyl groups is 2. The molecular weight excluding hydrogens is 331 g/mol. The van der Waals surface area contributed by atoms with E-state index in [1.165, 1.54) is 0 Å². The number of benzene rings is 3. The molecule has 25 heavy (non-hydrogen) atoms. The molecule has 0 spiro atoms. The molecule has 3 rings (SSSR count). The molecular formula is C20H21N2O2P. The predicted molar refractivity (Wildman–Crippen MR) is 105 cm³/mol. The van der Waals surface area contributed by atoms with Crippen LogP contribution in [0.15, 0.2) is 83.6 Å². The van der Waals surface area contributed by atoms with Crippen LogP contribution in [0.25, 0.3) is 0 Å². The first-order chi connectivity index (χ1) is 12.1. The fourth-order valence-electron chi connectivity index (χ4n) is 2.88. The lowest BCUT2D eigenvalue weighted by atomic mass is 10.3. The van der Waals surface area contributed by atoms with Crippen LogP contribution in [0, 0.1) is 0 Å². The Bertz CT molecular complexity index is 874. The monoisotopic (exact) mass is 352 g/mol. The van der Waals surface area contributed by atoms with E-state index in [1.807, 2.05) is 73.4 Å². The van der Waals surface area contributed by atoms with Gasteiger partial charge in [-0.1, -0.05) is 42.5 Å². The van der Waals surface area contributed by atoms with Crippen LogP contribution < -0.4 is 10.6 Å². The standard InChI is InChI=1S/C20H21N2O2P/c1-22(2)25(19-14-8-6-12-17(19)23,20-15-9-7-13-18(20)24)21-16-10-4-3-5-11-16/h3-15,23-24H,1-2H3. The summed E-state index contributed by atoms with van der Waals surface area (Å²) in [5.74, 6) is 0.347. The van der Waals surface area contributed by atoms with Gasteiger partial charge >= 0.3 is 0 Å². The molecule has 0 saturated heterocycles. The maximum atomic E-state index is 10.6. The summed E-state index contributed by atoms with van der Waals surface area (Å²) in [5, 5.41) is 22.6. The zero-order valence-electron chi connectivity index (χ0n) is 14.2. The molecule has 2 N–H and O–H groups in total. The van der Waals surface area contributed by atoms with E-state index >= 15 is 0 Å². The Morgan fingerprint density at radius 3 is 1.56 bits per heavy atom. The maximum absolute atomic E-state index is 10.6. The van der Waals surface area contributed by atoms with E-state index in [0.717, 1.165) is 5.69 Å². The van der Waals surface area contributed by atoms with Gasteiger partial charge in [-0.15, -0.1) is 0 Å². The summed E-state index contributed by atoms with van der Waals surface area (Å²) in [6, 6.07) is 24.1. The molecule has 0 radical (unpaired) electrons. The van der Waals surface area contributed by atoms with Gasteiger partial charge in [0.25, 0.3) is 0 Å². The largest absolute Gasteiger partial charge is 0.507 e. The average molecular weight is 352 g/mol. The molecule has 3 aromatic carbocycles. The zero-order chi connectivity index (χ0) is 17.9. The minimum atomic E-state index is -2.61. The van der Waals surface area contributed by atoms with Gasteiger partial charge in [0, 0.05) is 0 Å². The molecule has 0 bridgehead atoms. The Hall–Kier alpha value is -2.55. The van der Waals surface area contributed by atoms with Gasteiger partial charge < -0.3 is 10.2 Å². The number of nitrogens with zero attached hydrogens (tertiary/aromatic N) is 2. The molecule has 0 aliphatic heterocycles. The van der Waals surface area contributed by atoms with Gasteiger partial charge in [0.15, 0.2) is 0 Å². The summed E-state index contributed by atoms with van der Waals surface area (Å²) in [4.78, 5) is 0. The quantitative estimate of drug-likeness (QED) is 0.696. The molecule has 3 aromatic rings. The fraction of sp³-hybridized carbons (Fsp3) is 0.100. The van der Waals surface area contributed by atoms with Gasteiger partial charge in [-0.05, 0) is 50.5 Å². The van der Waals surface area contributed by atoms with Crippen molar-refractivity contribution in [2.45, 2.75) is 0 Å². The van der Waals surface area contributed by atoms with Crippen LogP contribution in [-0.4, -0.2) is 29.0 Å². The number of hydrogen-bond acceptors (Lipinski definition) is 3. The van der Waals surface area contributed by atoms with E-state index in [9.17, 15) is 10.2 Å². The highest BCUT2D eigenvalue weighted by Gasteiger charge is 2.32. The summed E-state index contributed by atoms with van der Waals surface area (Å²) < 4.78 is 7.07. The van der Waals surface area contributed by atoms with Gasteiger partial charge in [-0.25, -0.2) is 4.74 Å². The van der Waals surface area contributed by atoms with E-state index in [-0.39, 0.29) is 11.5 Å². The van der Waals surface area contributed by atoms with E-state index < -0.39 is 7.21 Å². The Kier molecular flexibility index (Phi) is 4.93. The molecule has 0 aliphatic carbocycles. The van der Waals surface area contributed by atoms with Crippen molar-refractivity contribution < 1.29 is 10.2 Å². The van der Waals surface area contributed by atoms with Crippen molar-refractivity contribution >= 4 is 23.5 Å². The Morgan fingerprint density at radius 1 is 0.680 bits per heavy atom. The molecule has 0 amide bonds. The molecule has 0 heterocycles. The lowest BCUT2D eigenvalue weighted by Crippen LogP contribution is -2.27. The van der Waals surface area contributed by atoms with Crippen LogP contribution >= 0.6 is 7.21 Å². The molecule has 0 fully saturated rings. The van der Waals surface area contributed by atoms with E-state index in [0.29, 0.717) is 10.6 Å². The van der Waals surface area contributed by atoms with Crippen LogP contribution in [0.3, 0.4) is 0 Å². The summed E-state index contributed by atoms with van der Waals surface area (Å²) in [7, 11) is 1.25. The van der Waals surface area contributed by atoms with Gasteiger partial charge in [-0.2, -0.15) is 0 Å². The first-order valence-electron chi connectivity index (χ1n) is 7.98. The third-order valence-corrected chi connectivity index (χ3v) is 7.81. The fourth-order valence-corrected chi connectivity index (χ4v) is 6.23. The summed E-state index contributed by atoms with van der Waals surface area (Å²) >= 11 is 0. The molecule has 4 nitrogen and oxygen atoms in total. The van der Waals surface area contributed by atoms with Gasteiger partial charge in [0.2, 0.25) is 0 Å². The first kappa shape index (κ1) is 17.3. The minimum absolute atomic E-state index is 0.174. The number of phenols is 2. The third kappa shape index (κ3) is 3.19. The van der Waals surface area contributed by atoms with Crippen LogP contribution in [0.2, 0.25) is 0 Å². The zero-order valence-corrected chi connectivity index (χ0v) is 15.1. The predicted octanol–water partition coefficient (Wildman–Crippen LogP) is 4.06. The van der Waals surface area contributed by atoms with Crippen LogP contribution in [0.4, 0.5) is 5.69 Å². The lowest BCUT2D eigenvalue weighted by molar-refractivity contribution is 0.478. The van der Waals surface area contributed by atoms with Crippen LogP contribution in [-0.2, 0) is 0 Å². The normalized spacial score (nSPS) is 11.5. The molecule has 0 aromatic heterocycles. The topological polar surface area (TPSA) is 56.1 Å². The first-order valence-corrected chi connectivity index (χ1v) is 9.67. The van der Waals surface area contributed by atoms with Gasteiger partial charge in [-0.3, -0.25) is 4.67 Å². The summed E-state index contributed by atoms with van der Waals surface area (Å²) in [6.45, 7) is 0.